The van der Waals surface area contributed by atoms with Crippen molar-refractivity contribution >= 4 is 60.7 Å². The molecule has 0 atom stereocenters. The molecule has 4 aromatic rings. The number of pyridine rings is 1. The fourth-order valence-electron chi connectivity index (χ4n) is 4.49. The van der Waals surface area contributed by atoms with Crippen LogP contribution in [-0.4, -0.2) is 27.9 Å². The smallest absolute Gasteiger partial charge is 0.337 e. The molecule has 39 heavy (non-hydrogen) atoms. The number of aromatic nitrogens is 3. The summed E-state index contributed by atoms with van der Waals surface area (Å²) < 4.78 is 46.2. The maximum atomic E-state index is 14.7. The number of halogens is 2. The number of nitrogens with zero attached hydrogens (tertiary/aromatic N) is 3. The second-order valence-electron chi connectivity index (χ2n) is 9.40. The van der Waals surface area contributed by atoms with Crippen LogP contribution in [0.25, 0.3) is 16.7 Å². The number of hydrogen-bond donors (Lipinski definition) is 2. The second-order valence-corrected chi connectivity index (χ2v) is 12.5. The van der Waals surface area contributed by atoms with Crippen LogP contribution in [0.2, 0.25) is 0 Å². The SMILES string of the molecule is CCCS(=O)(=O)Nc1cccc(-n2c(=O)n(C3CC3)c(=O)c3c(Nc4ccc(I)cc4F)cc(=O)n(C)c32)c1. The van der Waals surface area contributed by atoms with Crippen molar-refractivity contribution in [1.82, 2.24) is 13.7 Å². The van der Waals surface area contributed by atoms with Gasteiger partial charge < -0.3 is 5.32 Å². The zero-order valence-corrected chi connectivity index (χ0v) is 24.0. The molecule has 0 spiro atoms. The molecule has 0 bridgehead atoms. The van der Waals surface area contributed by atoms with E-state index in [1.165, 1.54) is 40.4 Å². The third-order valence-electron chi connectivity index (χ3n) is 6.41. The summed E-state index contributed by atoms with van der Waals surface area (Å²) in [6.45, 7) is 1.75. The molecule has 204 valence electrons. The van der Waals surface area contributed by atoms with E-state index in [0.717, 1.165) is 4.57 Å². The molecule has 1 aliphatic rings. The summed E-state index contributed by atoms with van der Waals surface area (Å²) in [5, 5.41) is 2.91. The van der Waals surface area contributed by atoms with E-state index in [2.05, 4.69) is 10.0 Å². The first-order chi connectivity index (χ1) is 18.5. The van der Waals surface area contributed by atoms with Crippen LogP contribution in [0.15, 0.2) is 62.9 Å². The van der Waals surface area contributed by atoms with Crippen LogP contribution < -0.4 is 26.8 Å². The molecule has 2 N–H and O–H groups in total. The lowest BCUT2D eigenvalue weighted by Gasteiger charge is -2.19. The van der Waals surface area contributed by atoms with Gasteiger partial charge in [-0.15, -0.1) is 0 Å². The molecular weight excluding hydrogens is 640 g/mol. The Morgan fingerprint density at radius 2 is 1.79 bits per heavy atom. The van der Waals surface area contributed by atoms with Gasteiger partial charge in [0.15, 0.2) is 0 Å². The highest BCUT2D eigenvalue weighted by atomic mass is 127. The Kier molecular flexibility index (Phi) is 7.13. The molecule has 0 radical (unpaired) electrons. The van der Waals surface area contributed by atoms with Gasteiger partial charge in [0.1, 0.15) is 16.9 Å². The van der Waals surface area contributed by atoms with E-state index in [1.54, 1.807) is 31.2 Å². The molecule has 2 heterocycles. The van der Waals surface area contributed by atoms with Crippen molar-refractivity contribution in [3.63, 3.8) is 0 Å². The van der Waals surface area contributed by atoms with E-state index >= 15 is 0 Å². The highest BCUT2D eigenvalue weighted by Gasteiger charge is 2.31. The Balaban J connectivity index is 1.81. The average Bonchev–Trinajstić information content (AvgIpc) is 3.69. The van der Waals surface area contributed by atoms with Crippen LogP contribution >= 0.6 is 22.6 Å². The average molecular weight is 665 g/mol. The van der Waals surface area contributed by atoms with E-state index in [1.807, 2.05) is 22.6 Å². The van der Waals surface area contributed by atoms with Crippen molar-refractivity contribution in [1.29, 1.82) is 0 Å². The third kappa shape index (κ3) is 5.24. The minimum absolute atomic E-state index is 0.00335. The molecule has 1 saturated carbocycles. The van der Waals surface area contributed by atoms with Gasteiger partial charge in [-0.3, -0.25) is 23.4 Å². The minimum atomic E-state index is -3.61. The van der Waals surface area contributed by atoms with E-state index in [0.29, 0.717) is 22.8 Å². The Bertz CT molecular complexity index is 1910. The van der Waals surface area contributed by atoms with Gasteiger partial charge in [-0.1, -0.05) is 13.0 Å². The van der Waals surface area contributed by atoms with Crippen LogP contribution in [0.4, 0.5) is 21.5 Å². The lowest BCUT2D eigenvalue weighted by Crippen LogP contribution is -2.41. The Morgan fingerprint density at radius 3 is 2.46 bits per heavy atom. The van der Waals surface area contributed by atoms with Crippen LogP contribution in [-0.2, 0) is 17.1 Å². The summed E-state index contributed by atoms with van der Waals surface area (Å²) in [6.07, 6.45) is 1.69. The molecule has 2 aromatic heterocycles. The standard InChI is InChI=1S/C26H25FIN5O5S/c1-3-11-39(37,38)30-16-5-4-6-18(13-16)32-24-23(25(35)33(26(32)36)17-8-9-17)21(14-22(34)31(24)2)29-20-10-7-15(28)12-19(20)27/h4-7,10,12-14,17,29-30H,3,8-9,11H2,1-2H3. The maximum Gasteiger partial charge on any atom is 0.337 e. The molecule has 13 heteroatoms. The number of hydrogen-bond acceptors (Lipinski definition) is 6. The normalized spacial score (nSPS) is 13.5. The monoisotopic (exact) mass is 665 g/mol. The van der Waals surface area contributed by atoms with Gasteiger partial charge in [0.25, 0.3) is 11.1 Å². The van der Waals surface area contributed by atoms with E-state index in [9.17, 15) is 27.2 Å². The lowest BCUT2D eigenvalue weighted by molar-refractivity contribution is 0.600. The van der Waals surface area contributed by atoms with Crippen molar-refractivity contribution in [3.05, 3.63) is 89.1 Å². The van der Waals surface area contributed by atoms with Gasteiger partial charge in [-0.2, -0.15) is 0 Å². The fraction of sp³-hybridized carbons (Fsp3) is 0.269. The van der Waals surface area contributed by atoms with Gasteiger partial charge in [0, 0.05) is 22.7 Å². The zero-order valence-electron chi connectivity index (χ0n) is 21.1. The molecule has 0 unspecified atom stereocenters. The van der Waals surface area contributed by atoms with Crippen LogP contribution in [0.3, 0.4) is 0 Å². The van der Waals surface area contributed by atoms with Crippen LogP contribution in [0.5, 0.6) is 0 Å². The second kappa shape index (κ2) is 10.3. The first-order valence-corrected chi connectivity index (χ1v) is 15.0. The predicted molar refractivity (Wildman–Crippen MR) is 157 cm³/mol. The van der Waals surface area contributed by atoms with Crippen molar-refractivity contribution in [2.24, 2.45) is 7.05 Å². The zero-order chi connectivity index (χ0) is 28.1. The fourth-order valence-corrected chi connectivity index (χ4v) is 6.07. The Morgan fingerprint density at radius 1 is 1.05 bits per heavy atom. The number of anilines is 3. The third-order valence-corrected chi connectivity index (χ3v) is 8.58. The number of aryl methyl sites for hydroxylation is 1. The molecule has 0 aliphatic heterocycles. The molecule has 2 aromatic carbocycles. The quantitative estimate of drug-likeness (QED) is 0.276. The van der Waals surface area contributed by atoms with Gasteiger partial charge in [0.2, 0.25) is 10.0 Å². The first kappa shape index (κ1) is 27.1. The largest absolute Gasteiger partial charge is 0.352 e. The lowest BCUT2D eigenvalue weighted by atomic mass is 10.2. The Labute approximate surface area is 236 Å². The van der Waals surface area contributed by atoms with Crippen LogP contribution in [0.1, 0.15) is 32.2 Å². The molecular formula is C26H25FIN5O5S. The van der Waals surface area contributed by atoms with Crippen molar-refractivity contribution in [2.75, 3.05) is 15.8 Å². The van der Waals surface area contributed by atoms with Crippen molar-refractivity contribution < 1.29 is 12.8 Å². The predicted octanol–water partition coefficient (Wildman–Crippen LogP) is 3.83. The number of fused-ring (bicyclic) bond motifs is 1. The summed E-state index contributed by atoms with van der Waals surface area (Å²) >= 11 is 1.97. The summed E-state index contributed by atoms with van der Waals surface area (Å²) in [4.78, 5) is 40.6. The maximum absolute atomic E-state index is 14.7. The number of sulfonamides is 1. The van der Waals surface area contributed by atoms with Gasteiger partial charge in [-0.05, 0) is 78.3 Å². The van der Waals surface area contributed by atoms with Gasteiger partial charge in [0.05, 0.1) is 28.5 Å². The van der Waals surface area contributed by atoms with Crippen LogP contribution in [0, 0.1) is 9.39 Å². The highest BCUT2D eigenvalue weighted by molar-refractivity contribution is 14.1. The summed E-state index contributed by atoms with van der Waals surface area (Å²) in [6, 6.07) is 11.6. The number of nitrogens with one attached hydrogen (secondary N) is 2. The highest BCUT2D eigenvalue weighted by Crippen LogP contribution is 2.34. The summed E-state index contributed by atoms with van der Waals surface area (Å²) in [7, 11) is -2.18. The molecule has 10 nitrogen and oxygen atoms in total. The minimum Gasteiger partial charge on any atom is -0.352 e. The molecule has 0 amide bonds. The van der Waals surface area contributed by atoms with E-state index < -0.39 is 32.6 Å². The first-order valence-electron chi connectivity index (χ1n) is 12.2. The number of rotatable bonds is 8. The summed E-state index contributed by atoms with van der Waals surface area (Å²) in [5.41, 5.74) is -1.19. The molecule has 1 fully saturated rings. The van der Waals surface area contributed by atoms with Gasteiger partial charge >= 0.3 is 5.69 Å². The van der Waals surface area contributed by atoms with Gasteiger partial charge in [-0.25, -0.2) is 22.2 Å². The molecule has 1 aliphatic carbocycles. The Hall–Kier alpha value is -3.46. The van der Waals surface area contributed by atoms with Crippen molar-refractivity contribution in [3.8, 4) is 5.69 Å². The summed E-state index contributed by atoms with van der Waals surface area (Å²) in [5.74, 6) is -0.649. The van der Waals surface area contributed by atoms with E-state index in [-0.39, 0.29) is 45.6 Å². The van der Waals surface area contributed by atoms with E-state index in [4.69, 9.17) is 0 Å². The molecule has 0 saturated heterocycles. The number of benzene rings is 2. The molecule has 5 rings (SSSR count). The van der Waals surface area contributed by atoms with Crippen molar-refractivity contribution in [2.45, 2.75) is 32.2 Å². The topological polar surface area (TPSA) is 124 Å².